The Balaban J connectivity index is 2.12. The normalized spacial score (nSPS) is 10.7. The van der Waals surface area contributed by atoms with Gasteiger partial charge in [0.1, 0.15) is 5.75 Å². The highest BCUT2D eigenvalue weighted by Gasteiger charge is 2.14. The standard InChI is InChI=1S/C19H20N2O3/c1-12(13-8-18(23-4)20-19(9-13)24-5)16-11-21(2)17-10-14(22-3)6-7-15(16)17/h6-11H,1H2,2-5H3. The molecule has 0 radical (unpaired) electrons. The summed E-state index contributed by atoms with van der Waals surface area (Å²) in [5.41, 5.74) is 3.91. The molecule has 0 aliphatic rings. The predicted octanol–water partition coefficient (Wildman–Crippen LogP) is 3.66. The van der Waals surface area contributed by atoms with Crippen molar-refractivity contribution in [3.8, 4) is 17.5 Å². The lowest BCUT2D eigenvalue weighted by molar-refractivity contribution is 0.364. The number of ether oxygens (including phenoxy) is 3. The summed E-state index contributed by atoms with van der Waals surface area (Å²) in [6.45, 7) is 4.27. The van der Waals surface area contributed by atoms with Gasteiger partial charge >= 0.3 is 0 Å². The van der Waals surface area contributed by atoms with Gasteiger partial charge in [-0.3, -0.25) is 0 Å². The molecule has 3 rings (SSSR count). The van der Waals surface area contributed by atoms with Crippen LogP contribution in [0, 0.1) is 0 Å². The Bertz CT molecular complexity index is 890. The lowest BCUT2D eigenvalue weighted by atomic mass is 10.00. The minimum atomic E-state index is 0.493. The molecule has 0 aliphatic carbocycles. The molecule has 0 atom stereocenters. The Morgan fingerprint density at radius 1 is 1.00 bits per heavy atom. The molecular formula is C19H20N2O3. The molecule has 2 heterocycles. The third kappa shape index (κ3) is 2.69. The zero-order valence-electron chi connectivity index (χ0n) is 14.3. The Hall–Kier alpha value is -2.95. The van der Waals surface area contributed by atoms with Gasteiger partial charge in [0.15, 0.2) is 0 Å². The zero-order chi connectivity index (χ0) is 17.3. The van der Waals surface area contributed by atoms with Crippen molar-refractivity contribution < 1.29 is 14.2 Å². The van der Waals surface area contributed by atoms with E-state index in [1.54, 1.807) is 21.3 Å². The first kappa shape index (κ1) is 15.9. The fourth-order valence-corrected chi connectivity index (χ4v) is 2.75. The highest BCUT2D eigenvalue weighted by molar-refractivity contribution is 5.97. The molecular weight excluding hydrogens is 304 g/mol. The zero-order valence-corrected chi connectivity index (χ0v) is 14.3. The van der Waals surface area contributed by atoms with E-state index < -0.39 is 0 Å². The van der Waals surface area contributed by atoms with Crippen LogP contribution >= 0.6 is 0 Å². The van der Waals surface area contributed by atoms with Crippen molar-refractivity contribution in [1.82, 2.24) is 9.55 Å². The maximum atomic E-state index is 5.32. The molecule has 1 aromatic carbocycles. The number of pyridine rings is 1. The van der Waals surface area contributed by atoms with Crippen molar-refractivity contribution in [3.05, 3.63) is 54.2 Å². The summed E-state index contributed by atoms with van der Waals surface area (Å²) in [7, 11) is 6.84. The second-order valence-corrected chi connectivity index (χ2v) is 5.46. The number of aryl methyl sites for hydroxylation is 1. The monoisotopic (exact) mass is 324 g/mol. The van der Waals surface area contributed by atoms with Crippen LogP contribution < -0.4 is 14.2 Å². The fraction of sp³-hybridized carbons (Fsp3) is 0.211. The van der Waals surface area contributed by atoms with Crippen molar-refractivity contribution >= 4 is 16.5 Å². The van der Waals surface area contributed by atoms with Crippen LogP contribution in [0.2, 0.25) is 0 Å². The van der Waals surface area contributed by atoms with Gasteiger partial charge in [0.05, 0.1) is 26.8 Å². The summed E-state index contributed by atoms with van der Waals surface area (Å²) in [4.78, 5) is 4.23. The van der Waals surface area contributed by atoms with Crippen molar-refractivity contribution in [2.75, 3.05) is 21.3 Å². The summed E-state index contributed by atoms with van der Waals surface area (Å²) in [5, 5.41) is 1.11. The van der Waals surface area contributed by atoms with Gasteiger partial charge in [-0.05, 0) is 23.3 Å². The molecule has 0 spiro atoms. The molecule has 0 bridgehead atoms. The highest BCUT2D eigenvalue weighted by atomic mass is 16.5. The van der Waals surface area contributed by atoms with Gasteiger partial charge in [-0.25, -0.2) is 0 Å². The summed E-state index contributed by atoms with van der Waals surface area (Å²) < 4.78 is 17.9. The van der Waals surface area contributed by atoms with E-state index in [4.69, 9.17) is 14.2 Å². The second kappa shape index (κ2) is 6.28. The van der Waals surface area contributed by atoms with Crippen LogP contribution in [0.4, 0.5) is 0 Å². The van der Waals surface area contributed by atoms with E-state index in [-0.39, 0.29) is 0 Å². The minimum Gasteiger partial charge on any atom is -0.497 e. The molecule has 5 nitrogen and oxygen atoms in total. The van der Waals surface area contributed by atoms with Gasteiger partial charge in [-0.1, -0.05) is 6.58 Å². The lowest BCUT2D eigenvalue weighted by Gasteiger charge is -2.09. The molecule has 0 unspecified atom stereocenters. The quantitative estimate of drug-likeness (QED) is 0.718. The van der Waals surface area contributed by atoms with Gasteiger partial charge in [0.25, 0.3) is 0 Å². The van der Waals surface area contributed by atoms with Crippen LogP contribution in [-0.4, -0.2) is 30.9 Å². The van der Waals surface area contributed by atoms with E-state index in [2.05, 4.69) is 22.3 Å². The maximum Gasteiger partial charge on any atom is 0.216 e. The van der Waals surface area contributed by atoms with Gasteiger partial charge < -0.3 is 18.8 Å². The van der Waals surface area contributed by atoms with Crippen molar-refractivity contribution in [3.63, 3.8) is 0 Å². The van der Waals surface area contributed by atoms with Crippen molar-refractivity contribution in [1.29, 1.82) is 0 Å². The third-order valence-corrected chi connectivity index (χ3v) is 4.07. The smallest absolute Gasteiger partial charge is 0.216 e. The summed E-state index contributed by atoms with van der Waals surface area (Å²) in [6.07, 6.45) is 2.06. The SMILES string of the molecule is C=C(c1cc(OC)nc(OC)c1)c1cn(C)c2cc(OC)ccc12. The van der Waals surface area contributed by atoms with Crippen LogP contribution in [0.15, 0.2) is 43.1 Å². The topological polar surface area (TPSA) is 45.5 Å². The second-order valence-electron chi connectivity index (χ2n) is 5.46. The van der Waals surface area contributed by atoms with Crippen LogP contribution in [-0.2, 0) is 7.05 Å². The lowest BCUT2D eigenvalue weighted by Crippen LogP contribution is -1.95. The average Bonchev–Trinajstić information content (AvgIpc) is 2.96. The molecule has 24 heavy (non-hydrogen) atoms. The first-order valence-electron chi connectivity index (χ1n) is 7.50. The molecule has 5 heteroatoms. The predicted molar refractivity (Wildman–Crippen MR) is 94.9 cm³/mol. The largest absolute Gasteiger partial charge is 0.497 e. The van der Waals surface area contributed by atoms with E-state index >= 15 is 0 Å². The molecule has 0 N–H and O–H groups in total. The number of methoxy groups -OCH3 is 3. The van der Waals surface area contributed by atoms with E-state index in [1.165, 1.54) is 0 Å². The van der Waals surface area contributed by atoms with Gasteiger partial charge in [0.2, 0.25) is 11.8 Å². The first-order valence-corrected chi connectivity index (χ1v) is 7.50. The molecule has 2 aromatic heterocycles. The molecule has 124 valence electrons. The van der Waals surface area contributed by atoms with E-state index in [9.17, 15) is 0 Å². The number of hydrogen-bond acceptors (Lipinski definition) is 4. The van der Waals surface area contributed by atoms with Crippen LogP contribution in [0.25, 0.3) is 16.5 Å². The van der Waals surface area contributed by atoms with Gasteiger partial charge in [-0.2, -0.15) is 4.98 Å². The fourth-order valence-electron chi connectivity index (χ4n) is 2.75. The first-order chi connectivity index (χ1) is 11.6. The Morgan fingerprint density at radius 2 is 1.67 bits per heavy atom. The Kier molecular flexibility index (Phi) is 4.16. The Labute approximate surface area is 141 Å². The van der Waals surface area contributed by atoms with E-state index in [0.717, 1.165) is 33.4 Å². The number of hydrogen-bond donors (Lipinski definition) is 0. The number of aromatic nitrogens is 2. The third-order valence-electron chi connectivity index (χ3n) is 4.07. The molecule has 0 fully saturated rings. The highest BCUT2D eigenvalue weighted by Crippen LogP contribution is 2.34. The van der Waals surface area contributed by atoms with Crippen molar-refractivity contribution in [2.45, 2.75) is 0 Å². The van der Waals surface area contributed by atoms with E-state index in [1.807, 2.05) is 37.4 Å². The number of nitrogens with zero attached hydrogens (tertiary/aromatic N) is 2. The van der Waals surface area contributed by atoms with Gasteiger partial charge in [0, 0.05) is 42.4 Å². The molecule has 0 saturated carbocycles. The summed E-state index contributed by atoms with van der Waals surface area (Å²) in [5.74, 6) is 1.81. The van der Waals surface area contributed by atoms with Crippen LogP contribution in [0.3, 0.4) is 0 Å². The molecule has 3 aromatic rings. The average molecular weight is 324 g/mol. The molecule has 0 aliphatic heterocycles. The minimum absolute atomic E-state index is 0.493. The number of benzene rings is 1. The van der Waals surface area contributed by atoms with Crippen LogP contribution in [0.5, 0.6) is 17.5 Å². The number of fused-ring (bicyclic) bond motifs is 1. The van der Waals surface area contributed by atoms with Crippen LogP contribution in [0.1, 0.15) is 11.1 Å². The summed E-state index contributed by atoms with van der Waals surface area (Å²) in [6, 6.07) is 9.72. The number of rotatable bonds is 5. The molecule has 0 saturated heterocycles. The van der Waals surface area contributed by atoms with Gasteiger partial charge in [-0.15, -0.1) is 0 Å². The molecule has 0 amide bonds. The Morgan fingerprint density at radius 3 is 2.25 bits per heavy atom. The summed E-state index contributed by atoms with van der Waals surface area (Å²) >= 11 is 0. The van der Waals surface area contributed by atoms with E-state index in [0.29, 0.717) is 11.8 Å². The van der Waals surface area contributed by atoms with Crippen molar-refractivity contribution in [2.24, 2.45) is 7.05 Å². The maximum absolute atomic E-state index is 5.32.